The predicted molar refractivity (Wildman–Crippen MR) is 97.0 cm³/mol. The van der Waals surface area contributed by atoms with Crippen LogP contribution in [0.4, 0.5) is 0 Å². The lowest BCUT2D eigenvalue weighted by molar-refractivity contribution is 0.0741. The molecular weight excluding hydrogens is 336 g/mol. The van der Waals surface area contributed by atoms with Gasteiger partial charge in [-0.25, -0.2) is 4.98 Å². The van der Waals surface area contributed by atoms with Gasteiger partial charge in [0.15, 0.2) is 0 Å². The van der Waals surface area contributed by atoms with Gasteiger partial charge < -0.3 is 14.1 Å². The van der Waals surface area contributed by atoms with Crippen molar-refractivity contribution in [2.45, 2.75) is 13.3 Å². The van der Waals surface area contributed by atoms with E-state index in [1.807, 2.05) is 30.0 Å². The number of hydrogen-bond acceptors (Lipinski definition) is 5. The fourth-order valence-corrected chi connectivity index (χ4v) is 4.15. The second kappa shape index (κ2) is 6.98. The molecule has 25 heavy (non-hydrogen) atoms. The van der Waals surface area contributed by atoms with Crippen molar-refractivity contribution in [3.05, 3.63) is 52.2 Å². The molecule has 0 N–H and O–H groups in total. The van der Waals surface area contributed by atoms with E-state index in [2.05, 4.69) is 11.1 Å². The number of ether oxygens (including phenoxy) is 1. The number of fused-ring (bicyclic) bond motifs is 1. The number of benzene rings is 1. The lowest BCUT2D eigenvalue weighted by Crippen LogP contribution is -2.36. The zero-order chi connectivity index (χ0) is 17.2. The summed E-state index contributed by atoms with van der Waals surface area (Å²) in [5.74, 6) is 0.331. The fourth-order valence-electron chi connectivity index (χ4n) is 3.38. The normalized spacial score (nSPS) is 18.4. The van der Waals surface area contributed by atoms with Gasteiger partial charge in [-0.3, -0.25) is 4.79 Å². The minimum absolute atomic E-state index is 0.0667. The average molecular weight is 356 g/mol. The van der Waals surface area contributed by atoms with Crippen LogP contribution < -0.4 is 0 Å². The van der Waals surface area contributed by atoms with Gasteiger partial charge in [0.1, 0.15) is 10.5 Å². The number of nitrogens with zero attached hydrogens (tertiary/aromatic N) is 2. The Bertz CT molecular complexity index is 886. The smallest absolute Gasteiger partial charge is 0.265 e. The molecule has 5 nitrogen and oxygen atoms in total. The summed E-state index contributed by atoms with van der Waals surface area (Å²) >= 11 is 1.41. The van der Waals surface area contributed by atoms with E-state index in [1.165, 1.54) is 16.9 Å². The summed E-state index contributed by atoms with van der Waals surface area (Å²) in [6.07, 6.45) is 2.59. The highest BCUT2D eigenvalue weighted by Gasteiger charge is 2.26. The largest absolute Gasteiger partial charge is 0.464 e. The highest BCUT2D eigenvalue weighted by Crippen LogP contribution is 2.24. The number of furan rings is 1. The van der Waals surface area contributed by atoms with Gasteiger partial charge in [-0.05, 0) is 31.0 Å². The lowest BCUT2D eigenvalue weighted by atomic mass is 9.97. The SMILES string of the molecule is Cc1ncsc1C(=O)N1CCOC[C@H](Cc2cccc3occc23)C1. The van der Waals surface area contributed by atoms with Crippen molar-refractivity contribution in [2.75, 3.05) is 26.3 Å². The van der Waals surface area contributed by atoms with E-state index in [0.29, 0.717) is 26.3 Å². The quantitative estimate of drug-likeness (QED) is 0.720. The molecule has 0 saturated carbocycles. The molecule has 1 amide bonds. The van der Waals surface area contributed by atoms with Crippen LogP contribution in [-0.4, -0.2) is 42.1 Å². The van der Waals surface area contributed by atoms with Gasteiger partial charge in [0.2, 0.25) is 0 Å². The molecule has 3 heterocycles. The summed E-state index contributed by atoms with van der Waals surface area (Å²) in [5.41, 5.74) is 4.68. The molecule has 0 spiro atoms. The second-order valence-electron chi connectivity index (χ2n) is 6.41. The minimum Gasteiger partial charge on any atom is -0.464 e. The molecule has 1 aliphatic rings. The van der Waals surface area contributed by atoms with E-state index in [-0.39, 0.29) is 11.8 Å². The fraction of sp³-hybridized carbons (Fsp3) is 0.368. The van der Waals surface area contributed by atoms with Crippen molar-refractivity contribution in [2.24, 2.45) is 5.92 Å². The predicted octanol–water partition coefficient (Wildman–Crippen LogP) is 3.53. The minimum atomic E-state index is 0.0667. The van der Waals surface area contributed by atoms with E-state index in [9.17, 15) is 4.79 Å². The topological polar surface area (TPSA) is 55.6 Å². The molecule has 130 valence electrons. The third-order valence-corrected chi connectivity index (χ3v) is 5.58. The molecule has 1 aromatic carbocycles. The summed E-state index contributed by atoms with van der Waals surface area (Å²) in [6.45, 7) is 4.46. The van der Waals surface area contributed by atoms with Crippen LogP contribution in [0.5, 0.6) is 0 Å². The maximum Gasteiger partial charge on any atom is 0.265 e. The maximum atomic E-state index is 12.8. The second-order valence-corrected chi connectivity index (χ2v) is 7.27. The van der Waals surface area contributed by atoms with E-state index in [0.717, 1.165) is 28.0 Å². The summed E-state index contributed by atoms with van der Waals surface area (Å²) in [5, 5.41) is 1.14. The number of rotatable bonds is 3. The van der Waals surface area contributed by atoms with E-state index in [4.69, 9.17) is 9.15 Å². The van der Waals surface area contributed by atoms with Crippen molar-refractivity contribution in [3.8, 4) is 0 Å². The molecule has 6 heteroatoms. The van der Waals surface area contributed by atoms with Gasteiger partial charge in [0.25, 0.3) is 5.91 Å². The first kappa shape index (κ1) is 16.3. The zero-order valence-corrected chi connectivity index (χ0v) is 14.9. The van der Waals surface area contributed by atoms with Crippen molar-refractivity contribution in [3.63, 3.8) is 0 Å². The molecule has 0 bridgehead atoms. The summed E-state index contributed by atoms with van der Waals surface area (Å²) in [7, 11) is 0. The van der Waals surface area contributed by atoms with E-state index < -0.39 is 0 Å². The summed E-state index contributed by atoms with van der Waals surface area (Å²) in [4.78, 5) is 19.7. The monoisotopic (exact) mass is 356 g/mol. The molecule has 0 radical (unpaired) electrons. The van der Waals surface area contributed by atoms with Gasteiger partial charge >= 0.3 is 0 Å². The first-order valence-corrected chi connectivity index (χ1v) is 9.32. The maximum absolute atomic E-state index is 12.8. The Balaban J connectivity index is 1.53. The highest BCUT2D eigenvalue weighted by atomic mass is 32.1. The third-order valence-electron chi connectivity index (χ3n) is 4.66. The molecule has 3 aromatic rings. The van der Waals surface area contributed by atoms with Crippen LogP contribution in [0.2, 0.25) is 0 Å². The molecule has 1 aliphatic heterocycles. The number of aromatic nitrogens is 1. The Morgan fingerprint density at radius 1 is 1.40 bits per heavy atom. The molecule has 1 saturated heterocycles. The van der Waals surface area contributed by atoms with Gasteiger partial charge in [0, 0.05) is 24.4 Å². The number of amides is 1. The Labute approximate surface area is 150 Å². The standard InChI is InChI=1S/C19H20N2O3S/c1-13-18(25-12-20-13)19(22)21-6-8-23-11-14(10-21)9-15-3-2-4-17-16(15)5-7-24-17/h2-5,7,12,14H,6,8-11H2,1H3/t14-/m1/s1. The van der Waals surface area contributed by atoms with Crippen LogP contribution in [0.1, 0.15) is 20.9 Å². The van der Waals surface area contributed by atoms with Gasteiger partial charge in [-0.2, -0.15) is 0 Å². The lowest BCUT2D eigenvalue weighted by Gasteiger charge is -2.23. The molecular formula is C19H20N2O3S. The Morgan fingerprint density at radius 2 is 2.32 bits per heavy atom. The van der Waals surface area contributed by atoms with Crippen LogP contribution in [0.25, 0.3) is 11.0 Å². The van der Waals surface area contributed by atoms with Crippen LogP contribution in [-0.2, 0) is 11.2 Å². The van der Waals surface area contributed by atoms with Crippen LogP contribution >= 0.6 is 11.3 Å². The van der Waals surface area contributed by atoms with E-state index in [1.54, 1.807) is 11.8 Å². The summed E-state index contributed by atoms with van der Waals surface area (Å²) in [6, 6.07) is 8.13. The number of hydrogen-bond donors (Lipinski definition) is 0. The zero-order valence-electron chi connectivity index (χ0n) is 14.1. The number of carbonyl (C=O) groups excluding carboxylic acids is 1. The Hall–Kier alpha value is -2.18. The number of thiazole rings is 1. The average Bonchev–Trinajstić information content (AvgIpc) is 3.19. The molecule has 2 aromatic heterocycles. The Morgan fingerprint density at radius 3 is 3.16 bits per heavy atom. The van der Waals surface area contributed by atoms with Crippen molar-refractivity contribution < 1.29 is 13.9 Å². The number of aryl methyl sites for hydroxylation is 1. The van der Waals surface area contributed by atoms with Crippen LogP contribution in [0.3, 0.4) is 0 Å². The van der Waals surface area contributed by atoms with Crippen molar-refractivity contribution >= 4 is 28.2 Å². The number of carbonyl (C=O) groups is 1. The molecule has 1 fully saturated rings. The molecule has 0 unspecified atom stereocenters. The van der Waals surface area contributed by atoms with Crippen LogP contribution in [0, 0.1) is 12.8 Å². The van der Waals surface area contributed by atoms with Crippen molar-refractivity contribution in [1.82, 2.24) is 9.88 Å². The molecule has 0 aliphatic carbocycles. The summed E-state index contributed by atoms with van der Waals surface area (Å²) < 4.78 is 11.3. The van der Waals surface area contributed by atoms with Gasteiger partial charge in [-0.15, -0.1) is 11.3 Å². The van der Waals surface area contributed by atoms with Crippen molar-refractivity contribution in [1.29, 1.82) is 0 Å². The van der Waals surface area contributed by atoms with Gasteiger partial charge in [-0.1, -0.05) is 12.1 Å². The Kier molecular flexibility index (Phi) is 4.55. The molecule has 4 rings (SSSR count). The first-order valence-electron chi connectivity index (χ1n) is 8.44. The van der Waals surface area contributed by atoms with E-state index >= 15 is 0 Å². The first-order chi connectivity index (χ1) is 12.2. The van der Waals surface area contributed by atoms with Gasteiger partial charge in [0.05, 0.1) is 30.7 Å². The highest BCUT2D eigenvalue weighted by molar-refractivity contribution is 7.11. The van der Waals surface area contributed by atoms with Crippen LogP contribution in [0.15, 0.2) is 40.5 Å². The molecule has 1 atom stereocenters. The third kappa shape index (κ3) is 3.32.